The third-order valence-electron chi connectivity index (χ3n) is 3.19. The van der Waals surface area contributed by atoms with E-state index in [4.69, 9.17) is 5.73 Å². The number of anilines is 1. The van der Waals surface area contributed by atoms with Crippen LogP contribution in [0, 0.1) is 6.92 Å². The summed E-state index contributed by atoms with van der Waals surface area (Å²) in [5.74, 6) is 0. The molecule has 0 saturated carbocycles. The Labute approximate surface area is 106 Å². The zero-order valence-corrected chi connectivity index (χ0v) is 10.5. The molecule has 2 aromatic carbocycles. The van der Waals surface area contributed by atoms with Crippen molar-refractivity contribution >= 4 is 16.6 Å². The molecule has 3 heteroatoms. The number of nitrogens with zero attached hydrogens (tertiary/aromatic N) is 2. The Morgan fingerprint density at radius 2 is 1.78 bits per heavy atom. The first-order chi connectivity index (χ1) is 8.65. The minimum Gasteiger partial charge on any atom is -0.399 e. The van der Waals surface area contributed by atoms with Gasteiger partial charge in [-0.2, -0.15) is 5.10 Å². The number of fused-ring (bicyclic) bond motifs is 1. The Bertz CT molecular complexity index is 708. The van der Waals surface area contributed by atoms with Crippen molar-refractivity contribution in [2.45, 2.75) is 6.92 Å². The SMILES string of the molecule is Cc1ccc2c(c1)c(-c1ccc(N)cc1)nn2C. The lowest BCUT2D eigenvalue weighted by molar-refractivity contribution is 0.800. The van der Waals surface area contributed by atoms with Gasteiger partial charge in [0.25, 0.3) is 0 Å². The van der Waals surface area contributed by atoms with Crippen molar-refractivity contribution in [1.82, 2.24) is 9.78 Å². The van der Waals surface area contributed by atoms with E-state index < -0.39 is 0 Å². The molecule has 0 radical (unpaired) electrons. The Morgan fingerprint density at radius 3 is 2.50 bits per heavy atom. The lowest BCUT2D eigenvalue weighted by Gasteiger charge is -1.99. The average molecular weight is 237 g/mol. The zero-order chi connectivity index (χ0) is 12.7. The summed E-state index contributed by atoms with van der Waals surface area (Å²) in [6.07, 6.45) is 0. The molecular weight excluding hydrogens is 222 g/mol. The highest BCUT2D eigenvalue weighted by Gasteiger charge is 2.10. The van der Waals surface area contributed by atoms with Gasteiger partial charge in [0.1, 0.15) is 5.69 Å². The van der Waals surface area contributed by atoms with E-state index in [1.165, 1.54) is 10.9 Å². The van der Waals surface area contributed by atoms with Crippen molar-refractivity contribution in [2.24, 2.45) is 7.05 Å². The van der Waals surface area contributed by atoms with Crippen molar-refractivity contribution in [3.63, 3.8) is 0 Å². The lowest BCUT2D eigenvalue weighted by Crippen LogP contribution is -1.89. The van der Waals surface area contributed by atoms with Crippen LogP contribution in [-0.2, 0) is 7.05 Å². The van der Waals surface area contributed by atoms with Crippen molar-refractivity contribution in [2.75, 3.05) is 5.73 Å². The van der Waals surface area contributed by atoms with Gasteiger partial charge in [-0.05, 0) is 31.2 Å². The molecule has 1 aromatic heterocycles. The number of hydrogen-bond donors (Lipinski definition) is 1. The molecule has 18 heavy (non-hydrogen) atoms. The van der Waals surface area contributed by atoms with E-state index >= 15 is 0 Å². The van der Waals surface area contributed by atoms with Gasteiger partial charge in [-0.25, -0.2) is 0 Å². The fraction of sp³-hybridized carbons (Fsp3) is 0.133. The predicted octanol–water partition coefficient (Wildman–Crippen LogP) is 3.13. The van der Waals surface area contributed by atoms with Crippen molar-refractivity contribution in [3.8, 4) is 11.3 Å². The van der Waals surface area contributed by atoms with Crippen molar-refractivity contribution in [3.05, 3.63) is 48.0 Å². The van der Waals surface area contributed by atoms with Gasteiger partial charge in [-0.15, -0.1) is 0 Å². The van der Waals surface area contributed by atoms with Crippen LogP contribution >= 0.6 is 0 Å². The molecule has 1 heterocycles. The van der Waals surface area contributed by atoms with Gasteiger partial charge in [-0.1, -0.05) is 23.8 Å². The fourth-order valence-corrected chi connectivity index (χ4v) is 2.23. The quantitative estimate of drug-likeness (QED) is 0.661. The molecule has 3 nitrogen and oxygen atoms in total. The van der Waals surface area contributed by atoms with Gasteiger partial charge in [0.15, 0.2) is 0 Å². The summed E-state index contributed by atoms with van der Waals surface area (Å²) in [6, 6.07) is 14.2. The van der Waals surface area contributed by atoms with E-state index in [9.17, 15) is 0 Å². The molecule has 0 unspecified atom stereocenters. The van der Waals surface area contributed by atoms with Crippen molar-refractivity contribution in [1.29, 1.82) is 0 Å². The second-order valence-corrected chi connectivity index (χ2v) is 4.61. The van der Waals surface area contributed by atoms with Gasteiger partial charge in [-0.3, -0.25) is 4.68 Å². The molecule has 0 spiro atoms. The highest BCUT2D eigenvalue weighted by molar-refractivity contribution is 5.93. The van der Waals surface area contributed by atoms with Crippen LogP contribution in [0.5, 0.6) is 0 Å². The van der Waals surface area contributed by atoms with Crippen LogP contribution in [-0.4, -0.2) is 9.78 Å². The summed E-state index contributed by atoms with van der Waals surface area (Å²) in [5.41, 5.74) is 11.0. The number of nitrogen functional groups attached to an aromatic ring is 1. The van der Waals surface area contributed by atoms with E-state index in [2.05, 4.69) is 30.2 Å². The van der Waals surface area contributed by atoms with E-state index in [0.717, 1.165) is 22.5 Å². The number of aryl methyl sites for hydroxylation is 2. The van der Waals surface area contributed by atoms with Crippen molar-refractivity contribution < 1.29 is 0 Å². The van der Waals surface area contributed by atoms with Crippen LogP contribution in [0.15, 0.2) is 42.5 Å². The predicted molar refractivity (Wildman–Crippen MR) is 75.3 cm³/mol. The largest absolute Gasteiger partial charge is 0.399 e. The molecule has 0 aliphatic heterocycles. The van der Waals surface area contributed by atoms with Crippen LogP contribution in [0.2, 0.25) is 0 Å². The maximum absolute atomic E-state index is 5.72. The van der Waals surface area contributed by atoms with Gasteiger partial charge < -0.3 is 5.73 Å². The van der Waals surface area contributed by atoms with Crippen LogP contribution < -0.4 is 5.73 Å². The maximum Gasteiger partial charge on any atom is 0.100 e. The second kappa shape index (κ2) is 3.88. The lowest BCUT2D eigenvalue weighted by atomic mass is 10.1. The molecule has 0 atom stereocenters. The molecule has 0 saturated heterocycles. The van der Waals surface area contributed by atoms with Gasteiger partial charge >= 0.3 is 0 Å². The molecule has 0 fully saturated rings. The van der Waals surface area contributed by atoms with E-state index in [0.29, 0.717) is 0 Å². The number of benzene rings is 2. The summed E-state index contributed by atoms with van der Waals surface area (Å²) < 4.78 is 1.92. The first kappa shape index (κ1) is 10.8. The van der Waals surface area contributed by atoms with Crippen LogP contribution in [0.25, 0.3) is 22.2 Å². The third kappa shape index (κ3) is 1.64. The smallest absolute Gasteiger partial charge is 0.100 e. The molecule has 0 aliphatic rings. The number of hydrogen-bond acceptors (Lipinski definition) is 2. The molecule has 0 amide bonds. The summed E-state index contributed by atoms with van der Waals surface area (Å²) in [7, 11) is 1.97. The Balaban J connectivity index is 2.28. The summed E-state index contributed by atoms with van der Waals surface area (Å²) in [5, 5.41) is 5.79. The highest BCUT2D eigenvalue weighted by Crippen LogP contribution is 2.28. The Hall–Kier alpha value is -2.29. The van der Waals surface area contributed by atoms with E-state index in [-0.39, 0.29) is 0 Å². The summed E-state index contributed by atoms with van der Waals surface area (Å²) in [6.45, 7) is 2.10. The first-order valence-electron chi connectivity index (χ1n) is 5.94. The number of aromatic nitrogens is 2. The normalized spacial score (nSPS) is 11.0. The molecule has 3 rings (SSSR count). The third-order valence-corrected chi connectivity index (χ3v) is 3.19. The summed E-state index contributed by atoms with van der Waals surface area (Å²) >= 11 is 0. The van der Waals surface area contributed by atoms with Crippen LogP contribution in [0.1, 0.15) is 5.56 Å². The molecule has 0 aliphatic carbocycles. The standard InChI is InChI=1S/C15H15N3/c1-10-3-8-14-13(9-10)15(17-18(14)2)11-4-6-12(16)7-5-11/h3-9H,16H2,1-2H3. The molecular formula is C15H15N3. The molecule has 0 bridgehead atoms. The van der Waals surface area contributed by atoms with Crippen LogP contribution in [0.4, 0.5) is 5.69 Å². The minimum absolute atomic E-state index is 0.773. The molecule has 90 valence electrons. The maximum atomic E-state index is 5.72. The highest BCUT2D eigenvalue weighted by atomic mass is 15.3. The topological polar surface area (TPSA) is 43.8 Å². The number of rotatable bonds is 1. The zero-order valence-electron chi connectivity index (χ0n) is 10.5. The van der Waals surface area contributed by atoms with Gasteiger partial charge in [0.2, 0.25) is 0 Å². The average Bonchev–Trinajstić information content (AvgIpc) is 2.67. The first-order valence-corrected chi connectivity index (χ1v) is 5.94. The monoisotopic (exact) mass is 237 g/mol. The Kier molecular flexibility index (Phi) is 2.33. The van der Waals surface area contributed by atoms with Crippen LogP contribution in [0.3, 0.4) is 0 Å². The van der Waals surface area contributed by atoms with Gasteiger partial charge in [0, 0.05) is 23.7 Å². The van der Waals surface area contributed by atoms with E-state index in [1.54, 1.807) is 0 Å². The molecule has 2 N–H and O–H groups in total. The van der Waals surface area contributed by atoms with E-state index in [1.807, 2.05) is 36.0 Å². The fourth-order valence-electron chi connectivity index (χ4n) is 2.23. The second-order valence-electron chi connectivity index (χ2n) is 4.61. The number of nitrogens with two attached hydrogens (primary N) is 1. The Morgan fingerprint density at radius 1 is 1.06 bits per heavy atom. The minimum atomic E-state index is 0.773. The molecule has 3 aromatic rings. The van der Waals surface area contributed by atoms with Gasteiger partial charge in [0.05, 0.1) is 5.52 Å². The summed E-state index contributed by atoms with van der Waals surface area (Å²) in [4.78, 5) is 0.